The van der Waals surface area contributed by atoms with Crippen molar-refractivity contribution in [3.8, 4) is 11.5 Å². The molecule has 1 N–H and O–H groups in total. The van der Waals surface area contributed by atoms with Crippen LogP contribution >= 0.6 is 0 Å². The predicted octanol–water partition coefficient (Wildman–Crippen LogP) is 4.04. The Bertz CT molecular complexity index is 922. The number of fused-ring (bicyclic) bond motifs is 1. The van der Waals surface area contributed by atoms with Gasteiger partial charge in [-0.2, -0.15) is 0 Å². The van der Waals surface area contributed by atoms with E-state index < -0.39 is 6.10 Å². The third-order valence-corrected chi connectivity index (χ3v) is 4.63. The summed E-state index contributed by atoms with van der Waals surface area (Å²) in [6.07, 6.45) is -0.684. The average molecular weight is 359 g/mol. The monoisotopic (exact) mass is 359 g/mol. The van der Waals surface area contributed by atoms with Crippen LogP contribution in [-0.4, -0.2) is 18.6 Å². The summed E-state index contributed by atoms with van der Waals surface area (Å²) in [5, 5.41) is 3.13. The second-order valence-electron chi connectivity index (χ2n) is 6.63. The predicted molar refractivity (Wildman–Crippen MR) is 104 cm³/mol. The highest BCUT2D eigenvalue weighted by atomic mass is 16.6. The standard InChI is InChI=1S/C23H21NO3/c1-16-11-13-18(14-12-16)22(17-7-3-2-4-8-17)24-23(25)21-15-26-19-9-5-6-10-20(19)27-21/h2-14,21-22H,15H2,1H3,(H,24,25)/t21-,22-/m1/s1. The summed E-state index contributed by atoms with van der Waals surface area (Å²) < 4.78 is 11.5. The molecule has 0 fully saturated rings. The smallest absolute Gasteiger partial charge is 0.265 e. The zero-order valence-corrected chi connectivity index (χ0v) is 15.1. The van der Waals surface area contributed by atoms with Crippen LogP contribution in [0.3, 0.4) is 0 Å². The van der Waals surface area contributed by atoms with Gasteiger partial charge in [-0.3, -0.25) is 4.79 Å². The quantitative estimate of drug-likeness (QED) is 0.765. The second kappa shape index (κ2) is 7.54. The molecular formula is C23H21NO3. The summed E-state index contributed by atoms with van der Waals surface area (Å²) in [5.41, 5.74) is 3.22. The molecule has 1 heterocycles. The molecule has 4 rings (SSSR count). The molecule has 1 amide bonds. The third kappa shape index (κ3) is 3.80. The molecule has 0 aromatic heterocycles. The molecule has 4 nitrogen and oxygen atoms in total. The highest BCUT2D eigenvalue weighted by Crippen LogP contribution is 2.31. The Hall–Kier alpha value is -3.27. The van der Waals surface area contributed by atoms with Crippen molar-refractivity contribution in [3.63, 3.8) is 0 Å². The number of rotatable bonds is 4. The fourth-order valence-corrected chi connectivity index (χ4v) is 3.15. The van der Waals surface area contributed by atoms with Crippen molar-refractivity contribution in [1.82, 2.24) is 5.32 Å². The molecule has 4 heteroatoms. The molecule has 2 atom stereocenters. The Labute approximate surface area is 158 Å². The van der Waals surface area contributed by atoms with E-state index in [9.17, 15) is 4.79 Å². The summed E-state index contributed by atoms with van der Waals surface area (Å²) >= 11 is 0. The minimum absolute atomic E-state index is 0.193. The number of ether oxygens (including phenoxy) is 2. The van der Waals surface area contributed by atoms with Gasteiger partial charge in [0.2, 0.25) is 6.10 Å². The molecule has 3 aromatic carbocycles. The Morgan fingerprint density at radius 3 is 2.26 bits per heavy atom. The van der Waals surface area contributed by atoms with Gasteiger partial charge in [-0.25, -0.2) is 0 Å². The number of carbonyl (C=O) groups is 1. The number of hydrogen-bond donors (Lipinski definition) is 1. The molecule has 0 saturated heterocycles. The van der Waals surface area contributed by atoms with Crippen LogP contribution in [-0.2, 0) is 4.79 Å². The van der Waals surface area contributed by atoms with Gasteiger partial charge >= 0.3 is 0 Å². The fourth-order valence-electron chi connectivity index (χ4n) is 3.15. The maximum absolute atomic E-state index is 12.9. The zero-order chi connectivity index (χ0) is 18.6. The third-order valence-electron chi connectivity index (χ3n) is 4.63. The summed E-state index contributed by atoms with van der Waals surface area (Å²) in [4.78, 5) is 12.9. The topological polar surface area (TPSA) is 47.6 Å². The molecule has 136 valence electrons. The van der Waals surface area contributed by atoms with Gasteiger partial charge in [0.1, 0.15) is 6.61 Å². The lowest BCUT2D eigenvalue weighted by Crippen LogP contribution is -2.45. The van der Waals surface area contributed by atoms with Crippen LogP contribution < -0.4 is 14.8 Å². The van der Waals surface area contributed by atoms with Gasteiger partial charge in [0.05, 0.1) is 6.04 Å². The molecule has 0 bridgehead atoms. The number of para-hydroxylation sites is 2. The van der Waals surface area contributed by atoms with Gasteiger partial charge in [-0.15, -0.1) is 0 Å². The number of hydrogen-bond acceptors (Lipinski definition) is 3. The minimum atomic E-state index is -0.684. The lowest BCUT2D eigenvalue weighted by atomic mass is 9.97. The van der Waals surface area contributed by atoms with E-state index in [0.29, 0.717) is 11.5 Å². The normalized spacial score (nSPS) is 16.4. The van der Waals surface area contributed by atoms with Gasteiger partial charge in [0.15, 0.2) is 11.5 Å². The lowest BCUT2D eigenvalue weighted by Gasteiger charge is -2.28. The first-order chi connectivity index (χ1) is 13.2. The van der Waals surface area contributed by atoms with E-state index in [4.69, 9.17) is 9.47 Å². The summed E-state index contributed by atoms with van der Waals surface area (Å²) in [7, 11) is 0. The highest BCUT2D eigenvalue weighted by molar-refractivity contribution is 5.82. The Balaban J connectivity index is 1.57. The molecule has 1 aliphatic rings. The van der Waals surface area contributed by atoms with E-state index in [-0.39, 0.29) is 18.6 Å². The average Bonchev–Trinajstić information content (AvgIpc) is 2.73. The summed E-state index contributed by atoms with van der Waals surface area (Å²) in [6, 6.07) is 25.3. The molecule has 0 radical (unpaired) electrons. The Morgan fingerprint density at radius 2 is 1.52 bits per heavy atom. The van der Waals surface area contributed by atoms with Crippen molar-refractivity contribution in [2.24, 2.45) is 0 Å². The first-order valence-corrected chi connectivity index (χ1v) is 9.01. The van der Waals surface area contributed by atoms with E-state index in [2.05, 4.69) is 5.32 Å². The van der Waals surface area contributed by atoms with E-state index >= 15 is 0 Å². The number of aryl methyl sites for hydroxylation is 1. The molecule has 0 saturated carbocycles. The summed E-state index contributed by atoms with van der Waals surface area (Å²) in [5.74, 6) is 1.06. The van der Waals surface area contributed by atoms with Crippen molar-refractivity contribution in [3.05, 3.63) is 95.6 Å². The van der Waals surface area contributed by atoms with Crippen molar-refractivity contribution < 1.29 is 14.3 Å². The van der Waals surface area contributed by atoms with Crippen molar-refractivity contribution >= 4 is 5.91 Å². The molecule has 1 aliphatic heterocycles. The maximum Gasteiger partial charge on any atom is 0.265 e. The van der Waals surface area contributed by atoms with Crippen LogP contribution in [0.4, 0.5) is 0 Å². The first-order valence-electron chi connectivity index (χ1n) is 9.01. The lowest BCUT2D eigenvalue weighted by molar-refractivity contribution is -0.130. The molecule has 3 aromatic rings. The van der Waals surface area contributed by atoms with E-state index in [1.54, 1.807) is 0 Å². The second-order valence-corrected chi connectivity index (χ2v) is 6.63. The van der Waals surface area contributed by atoms with Crippen molar-refractivity contribution in [2.45, 2.75) is 19.1 Å². The van der Waals surface area contributed by atoms with E-state index in [0.717, 1.165) is 11.1 Å². The van der Waals surface area contributed by atoms with Crippen LogP contribution in [0.1, 0.15) is 22.7 Å². The molecular weight excluding hydrogens is 338 g/mol. The van der Waals surface area contributed by atoms with Gasteiger partial charge in [0.25, 0.3) is 5.91 Å². The van der Waals surface area contributed by atoms with Crippen molar-refractivity contribution in [2.75, 3.05) is 6.61 Å². The molecule has 27 heavy (non-hydrogen) atoms. The number of carbonyl (C=O) groups excluding carboxylic acids is 1. The van der Waals surface area contributed by atoms with Crippen LogP contribution in [0.5, 0.6) is 11.5 Å². The first kappa shape index (κ1) is 17.2. The van der Waals surface area contributed by atoms with Gasteiger partial charge < -0.3 is 14.8 Å². The highest BCUT2D eigenvalue weighted by Gasteiger charge is 2.29. The van der Waals surface area contributed by atoms with Crippen LogP contribution in [0, 0.1) is 6.92 Å². The van der Waals surface area contributed by atoms with Gasteiger partial charge in [0, 0.05) is 0 Å². The summed E-state index contributed by atoms with van der Waals surface area (Å²) in [6.45, 7) is 2.24. The van der Waals surface area contributed by atoms with Crippen LogP contribution in [0.2, 0.25) is 0 Å². The fraction of sp³-hybridized carbons (Fsp3) is 0.174. The van der Waals surface area contributed by atoms with E-state index in [1.165, 1.54) is 5.56 Å². The molecule has 0 unspecified atom stereocenters. The van der Waals surface area contributed by atoms with Gasteiger partial charge in [-0.05, 0) is 30.2 Å². The Kier molecular flexibility index (Phi) is 4.79. The number of benzene rings is 3. The SMILES string of the molecule is Cc1ccc([C@H](NC(=O)[C@H]2COc3ccccc3O2)c2ccccc2)cc1. The van der Waals surface area contributed by atoms with Crippen LogP contribution in [0.25, 0.3) is 0 Å². The largest absolute Gasteiger partial charge is 0.485 e. The minimum Gasteiger partial charge on any atom is -0.485 e. The molecule has 0 spiro atoms. The maximum atomic E-state index is 12.9. The van der Waals surface area contributed by atoms with Crippen LogP contribution in [0.15, 0.2) is 78.9 Å². The van der Waals surface area contributed by atoms with E-state index in [1.807, 2.05) is 85.8 Å². The zero-order valence-electron chi connectivity index (χ0n) is 15.1. The number of amides is 1. The van der Waals surface area contributed by atoms with Crippen molar-refractivity contribution in [1.29, 1.82) is 0 Å². The number of nitrogens with one attached hydrogen (secondary N) is 1. The Morgan fingerprint density at radius 1 is 0.889 bits per heavy atom. The molecule has 0 aliphatic carbocycles. The van der Waals surface area contributed by atoms with Gasteiger partial charge in [-0.1, -0.05) is 72.3 Å².